The summed E-state index contributed by atoms with van der Waals surface area (Å²) in [5.41, 5.74) is 0. The van der Waals surface area contributed by atoms with E-state index in [-0.39, 0.29) is 24.0 Å². The van der Waals surface area contributed by atoms with Gasteiger partial charge in [0, 0.05) is 6.61 Å². The molecule has 44 valence electrons. The Bertz CT molecular complexity index is 88.0. The monoisotopic (exact) mass is 151 g/mol. The topological polar surface area (TPSA) is 72.4 Å². The molecule has 0 aromatic heterocycles. The molecule has 0 aliphatic heterocycles. The Kier molecular flexibility index (Phi) is 6.46. The van der Waals surface area contributed by atoms with E-state index in [0.29, 0.717) is 0 Å². The first-order chi connectivity index (χ1) is 3.06. The molecule has 0 atom stereocenters. The molecule has 0 unspecified atom stereocenters. The molecule has 0 fully saturated rings. The molecule has 0 aliphatic rings. The van der Waals surface area contributed by atoms with Crippen LogP contribution in [0.5, 0.6) is 0 Å². The van der Waals surface area contributed by atoms with Crippen LogP contribution in [0, 0.1) is 0 Å². The fourth-order valence-corrected chi connectivity index (χ4v) is 0.474. The van der Waals surface area contributed by atoms with Crippen LogP contribution >= 0.6 is 7.82 Å². The van der Waals surface area contributed by atoms with E-state index in [2.05, 4.69) is 4.52 Å². The predicted molar refractivity (Wildman–Crippen MR) is 25.0 cm³/mol. The van der Waals surface area contributed by atoms with Gasteiger partial charge in [-0.05, 0) is 6.92 Å². The smallest absolute Gasteiger partial charge is 0.790 e. The molecule has 0 amide bonds. The van der Waals surface area contributed by atoms with E-state index in [1.165, 1.54) is 6.92 Å². The number of phosphoric ester groups is 1. The number of rotatable bonds is 2. The van der Waals surface area contributed by atoms with Gasteiger partial charge in [0.05, 0.1) is 7.82 Å². The van der Waals surface area contributed by atoms with Crippen molar-refractivity contribution in [1.82, 2.24) is 0 Å². The molecule has 0 aromatic rings. The Morgan fingerprint density at radius 3 is 2.00 bits per heavy atom. The summed E-state index contributed by atoms with van der Waals surface area (Å²) in [6.45, 7) is 1.35. The molecule has 0 saturated heterocycles. The number of phosphoric acid groups is 1. The van der Waals surface area contributed by atoms with Gasteiger partial charge in [0.2, 0.25) is 0 Å². The minimum absolute atomic E-state index is 0. The van der Waals surface area contributed by atoms with Crippen LogP contribution in [0.1, 0.15) is 6.92 Å². The Morgan fingerprint density at radius 2 is 2.00 bits per heavy atom. The number of hydrogen-bond acceptors (Lipinski definition) is 4. The van der Waals surface area contributed by atoms with Crippen LogP contribution in [-0.2, 0) is 9.09 Å². The summed E-state index contributed by atoms with van der Waals surface area (Å²) in [6.07, 6.45) is 0. The van der Waals surface area contributed by atoms with Gasteiger partial charge in [-0.3, -0.25) is 0 Å². The molecule has 0 heterocycles. The van der Waals surface area contributed by atoms with E-state index >= 15 is 0 Å². The van der Waals surface area contributed by atoms with Crippen molar-refractivity contribution >= 4 is 25.2 Å². The zero-order chi connectivity index (χ0) is 5.91. The van der Waals surface area contributed by atoms with Crippen LogP contribution in [-0.4, -0.2) is 24.0 Å². The maximum absolute atomic E-state index is 9.48. The molecule has 6 heteroatoms. The van der Waals surface area contributed by atoms with Gasteiger partial charge in [-0.25, -0.2) is 0 Å². The second-order valence-corrected chi connectivity index (χ2v) is 2.02. The van der Waals surface area contributed by atoms with Crippen LogP contribution in [0.4, 0.5) is 0 Å². The summed E-state index contributed by atoms with van der Waals surface area (Å²) >= 11 is 0. The summed E-state index contributed by atoms with van der Waals surface area (Å²) in [4.78, 5) is 19.0. The first kappa shape index (κ1) is 11.4. The van der Waals surface area contributed by atoms with Crippen LogP contribution in [0.25, 0.3) is 0 Å². The maximum atomic E-state index is 9.48. The van der Waals surface area contributed by atoms with Gasteiger partial charge in [-0.15, -0.1) is 0 Å². The van der Waals surface area contributed by atoms with E-state index < -0.39 is 7.82 Å². The Balaban J connectivity index is 0. The standard InChI is InChI=1S/C2H7O4P.Al/c1-2-6-7(3,4)5;/h2H2,1H3,(H2,3,4,5);/q;+3/p-2. The molecule has 0 saturated carbocycles. The molecule has 8 heavy (non-hydrogen) atoms. The molecular formula is C2H5AlO4P+. The van der Waals surface area contributed by atoms with Gasteiger partial charge in [0.25, 0.3) is 0 Å². The number of hydrogen-bond donors (Lipinski definition) is 0. The summed E-state index contributed by atoms with van der Waals surface area (Å²) in [5.74, 6) is 0. The molecule has 0 aliphatic carbocycles. The van der Waals surface area contributed by atoms with Crippen molar-refractivity contribution in [3.05, 3.63) is 0 Å². The second-order valence-electron chi connectivity index (χ2n) is 0.865. The van der Waals surface area contributed by atoms with E-state index in [1.54, 1.807) is 0 Å². The predicted octanol–water partition coefficient (Wildman–Crippen LogP) is -1.53. The first-order valence-electron chi connectivity index (χ1n) is 1.73. The van der Waals surface area contributed by atoms with Crippen molar-refractivity contribution in [3.8, 4) is 0 Å². The van der Waals surface area contributed by atoms with E-state index in [9.17, 15) is 14.4 Å². The fraction of sp³-hybridized carbons (Fsp3) is 1.00. The van der Waals surface area contributed by atoms with Gasteiger partial charge >= 0.3 is 17.4 Å². The van der Waals surface area contributed by atoms with Crippen molar-refractivity contribution in [2.24, 2.45) is 0 Å². The molecule has 0 rings (SSSR count). The molecule has 0 radical (unpaired) electrons. The summed E-state index contributed by atoms with van der Waals surface area (Å²) in [6, 6.07) is 0. The largest absolute Gasteiger partial charge is 3.00 e. The molecule has 4 nitrogen and oxygen atoms in total. The average Bonchev–Trinajstić information content (AvgIpc) is 1.30. The van der Waals surface area contributed by atoms with Crippen molar-refractivity contribution < 1.29 is 18.9 Å². The van der Waals surface area contributed by atoms with Gasteiger partial charge in [-0.2, -0.15) is 0 Å². The Labute approximate surface area is 58.2 Å². The van der Waals surface area contributed by atoms with Crippen LogP contribution in [0.3, 0.4) is 0 Å². The van der Waals surface area contributed by atoms with Crippen molar-refractivity contribution in [3.63, 3.8) is 0 Å². The van der Waals surface area contributed by atoms with Crippen molar-refractivity contribution in [2.45, 2.75) is 6.92 Å². The average molecular weight is 151 g/mol. The van der Waals surface area contributed by atoms with Gasteiger partial charge in [0.1, 0.15) is 0 Å². The summed E-state index contributed by atoms with van der Waals surface area (Å²) < 4.78 is 13.2. The zero-order valence-electron chi connectivity index (χ0n) is 4.36. The maximum Gasteiger partial charge on any atom is 3.00 e. The van der Waals surface area contributed by atoms with E-state index in [4.69, 9.17) is 0 Å². The molecule has 0 bridgehead atoms. The normalized spacial score (nSPS) is 10.4. The van der Waals surface area contributed by atoms with Crippen LogP contribution in [0.15, 0.2) is 0 Å². The van der Waals surface area contributed by atoms with E-state index in [0.717, 1.165) is 0 Å². The third-order valence-electron chi connectivity index (χ3n) is 0.287. The van der Waals surface area contributed by atoms with Gasteiger partial charge < -0.3 is 18.9 Å². The first-order valence-corrected chi connectivity index (χ1v) is 3.19. The van der Waals surface area contributed by atoms with Crippen molar-refractivity contribution in [2.75, 3.05) is 6.61 Å². The summed E-state index contributed by atoms with van der Waals surface area (Å²) in [7, 11) is -4.67. The van der Waals surface area contributed by atoms with Gasteiger partial charge in [0.15, 0.2) is 0 Å². The summed E-state index contributed by atoms with van der Waals surface area (Å²) in [5, 5.41) is 0. The molecule has 0 spiro atoms. The quantitative estimate of drug-likeness (QED) is 0.354. The second kappa shape index (κ2) is 4.51. The third kappa shape index (κ3) is 9.81. The zero-order valence-corrected chi connectivity index (χ0v) is 6.41. The van der Waals surface area contributed by atoms with E-state index in [1.807, 2.05) is 0 Å². The van der Waals surface area contributed by atoms with Crippen LogP contribution < -0.4 is 9.79 Å². The minimum atomic E-state index is -4.67. The SMILES string of the molecule is CCOP(=O)([O-])[O-].[Al+3]. The van der Waals surface area contributed by atoms with Gasteiger partial charge in [-0.1, -0.05) is 0 Å². The van der Waals surface area contributed by atoms with Crippen molar-refractivity contribution in [1.29, 1.82) is 0 Å². The van der Waals surface area contributed by atoms with Crippen LogP contribution in [0.2, 0.25) is 0 Å². The molecule has 0 N–H and O–H groups in total. The Hall–Kier alpha value is 0.642. The molecular weight excluding hydrogens is 146 g/mol. The Morgan fingerprint density at radius 1 is 1.62 bits per heavy atom. The minimum Gasteiger partial charge on any atom is -0.790 e. The third-order valence-corrected chi connectivity index (χ3v) is 0.862. The fourth-order valence-electron chi connectivity index (χ4n) is 0.158. The molecule has 0 aromatic carbocycles.